The Labute approximate surface area is 141 Å². The molecule has 112 valence electrons. The summed E-state index contributed by atoms with van der Waals surface area (Å²) < 4.78 is 37.5. The van der Waals surface area contributed by atoms with Gasteiger partial charge in [-0.1, -0.05) is 27.3 Å². The first-order chi connectivity index (χ1) is 9.86. The van der Waals surface area contributed by atoms with Crippen LogP contribution in [0.5, 0.6) is 0 Å². The molecule has 0 radical (unpaired) electrons. The number of hydrogen-bond acceptors (Lipinski definition) is 0. The van der Waals surface area contributed by atoms with Crippen molar-refractivity contribution in [3.63, 3.8) is 0 Å². The van der Waals surface area contributed by atoms with E-state index < -0.39 is 0 Å². The van der Waals surface area contributed by atoms with Gasteiger partial charge in [0.25, 0.3) is 0 Å². The Balaban J connectivity index is -0.0000000674. The second-order valence-corrected chi connectivity index (χ2v) is 5.84. The molecule has 1 fully saturated rings. The molecule has 0 saturated carbocycles. The molecular formula is C14H15O5PW. The second kappa shape index (κ2) is 27.8. The molecule has 7 heteroatoms. The van der Waals surface area contributed by atoms with Crippen LogP contribution in [0.2, 0.25) is 0 Å². The van der Waals surface area contributed by atoms with Gasteiger partial charge in [-0.25, -0.2) is 0 Å². The normalized spacial score (nSPS) is 17.9. The van der Waals surface area contributed by atoms with Crippen LogP contribution in [-0.2, 0) is 44.3 Å². The Morgan fingerprint density at radius 3 is 1.48 bits per heavy atom. The van der Waals surface area contributed by atoms with E-state index in [9.17, 15) is 0 Å². The van der Waals surface area contributed by atoms with E-state index in [0.717, 1.165) is 0 Å². The van der Waals surface area contributed by atoms with Crippen molar-refractivity contribution in [1.29, 1.82) is 0 Å². The summed E-state index contributed by atoms with van der Waals surface area (Å²) in [5, 5.41) is 1.89. The average molecular weight is 478 g/mol. The Kier molecular flexibility index (Phi) is 43.1. The summed E-state index contributed by atoms with van der Waals surface area (Å²) >= 11 is 0. The summed E-state index contributed by atoms with van der Waals surface area (Å²) in [4.78, 5) is 0. The van der Waals surface area contributed by atoms with Gasteiger partial charge in [-0.2, -0.15) is 0 Å². The van der Waals surface area contributed by atoms with Crippen LogP contribution in [0.15, 0.2) is 10.9 Å². The monoisotopic (exact) mass is 478 g/mol. The molecule has 2 aliphatic heterocycles. The molecule has 0 spiro atoms. The molecule has 0 amide bonds. The van der Waals surface area contributed by atoms with Crippen LogP contribution < -0.4 is 0 Å². The van der Waals surface area contributed by atoms with E-state index in [-0.39, 0.29) is 21.1 Å². The largest absolute Gasteiger partial charge is 0 e. The maximum atomic E-state index is 7.50. The van der Waals surface area contributed by atoms with Crippen LogP contribution in [0.4, 0.5) is 0 Å². The first kappa shape index (κ1) is 32.5. The third kappa shape index (κ3) is 13.0. The van der Waals surface area contributed by atoms with Crippen LogP contribution in [0, 0.1) is 33.3 Å². The first-order valence-corrected chi connectivity index (χ1v) is 6.96. The van der Waals surface area contributed by atoms with Gasteiger partial charge < -0.3 is 0 Å². The van der Waals surface area contributed by atoms with Gasteiger partial charge in [0.05, 0.1) is 0 Å². The van der Waals surface area contributed by atoms with Gasteiger partial charge in [-0.05, 0) is 36.4 Å². The summed E-state index contributed by atoms with van der Waals surface area (Å²) in [6.45, 7) is 27.1. The summed E-state index contributed by atoms with van der Waals surface area (Å²) in [5.41, 5.74) is 2.99. The van der Waals surface area contributed by atoms with Crippen molar-refractivity contribution in [1.82, 2.24) is 0 Å². The average Bonchev–Trinajstić information content (AvgIpc) is 3.27. The third-order valence-corrected chi connectivity index (χ3v) is 5.65. The van der Waals surface area contributed by atoms with E-state index in [1.807, 2.05) is 10.9 Å². The van der Waals surface area contributed by atoms with Crippen molar-refractivity contribution in [3.8, 4) is 0 Å². The second-order valence-electron chi connectivity index (χ2n) is 3.27. The first-order valence-electron chi connectivity index (χ1n) is 5.36. The molecule has 21 heavy (non-hydrogen) atoms. The minimum absolute atomic E-state index is 0. The maximum absolute atomic E-state index is 7.50. The molecule has 0 aliphatic carbocycles. The van der Waals surface area contributed by atoms with Crippen molar-refractivity contribution >= 4 is 7.92 Å². The van der Waals surface area contributed by atoms with Crippen molar-refractivity contribution < 1.29 is 44.3 Å². The van der Waals surface area contributed by atoms with Gasteiger partial charge in [0, 0.05) is 21.1 Å². The van der Waals surface area contributed by atoms with Crippen molar-refractivity contribution in [2.75, 3.05) is 6.16 Å². The Morgan fingerprint density at radius 1 is 0.857 bits per heavy atom. The Hall–Kier alpha value is -0.442. The molecule has 2 atom stereocenters. The summed E-state index contributed by atoms with van der Waals surface area (Å²) in [6.07, 6.45) is 5.75. The molecule has 0 aromatic carbocycles. The van der Waals surface area contributed by atoms with Crippen LogP contribution >= 0.6 is 7.92 Å². The van der Waals surface area contributed by atoms with E-state index >= 15 is 0 Å². The zero-order chi connectivity index (χ0) is 17.1. The quantitative estimate of drug-likeness (QED) is 0.331. The van der Waals surface area contributed by atoms with Gasteiger partial charge in [0.1, 0.15) is 0 Å². The number of allylic oxidation sites excluding steroid dienone is 2. The van der Waals surface area contributed by atoms with Gasteiger partial charge >= 0.3 is 56.5 Å². The molecule has 1 saturated heterocycles. The van der Waals surface area contributed by atoms with Gasteiger partial charge in [-0.3, -0.25) is 0 Å². The van der Waals surface area contributed by atoms with Crippen LogP contribution in [0.3, 0.4) is 0 Å². The fraction of sp³-hybridized carbons (Fsp3) is 0.500. The standard InChI is InChI=1S/C9H15P.5CO.W/c1-3-7-5-8-6-10(8)9(7)4-2;5*1-2;/h8H,3-6H2,1-2H3;;;;;;. The fourth-order valence-electron chi connectivity index (χ4n) is 2.09. The Morgan fingerprint density at radius 2 is 1.24 bits per heavy atom. The van der Waals surface area contributed by atoms with Crippen LogP contribution in [-0.4, -0.2) is 11.8 Å². The van der Waals surface area contributed by atoms with E-state index in [0.29, 0.717) is 7.92 Å². The smallest absolute Gasteiger partial charge is 0 e. The summed E-state index contributed by atoms with van der Waals surface area (Å²) in [6, 6.07) is 0. The van der Waals surface area contributed by atoms with E-state index in [1.165, 1.54) is 24.9 Å². The molecule has 0 aromatic rings. The van der Waals surface area contributed by atoms with E-state index in [4.69, 9.17) is 23.3 Å². The molecular weight excluding hydrogens is 463 g/mol. The molecule has 0 N–H and O–H groups in total. The van der Waals surface area contributed by atoms with E-state index in [1.54, 1.807) is 6.16 Å². The number of hydrogen-bond donors (Lipinski definition) is 0. The summed E-state index contributed by atoms with van der Waals surface area (Å²) in [7, 11) is 0.473. The molecule has 2 heterocycles. The Bertz CT molecular complexity index is 333. The van der Waals surface area contributed by atoms with Crippen LogP contribution in [0.1, 0.15) is 33.1 Å². The summed E-state index contributed by atoms with van der Waals surface area (Å²) in [5.74, 6) is 0. The molecule has 2 unspecified atom stereocenters. The molecule has 2 rings (SSSR count). The minimum Gasteiger partial charge on any atom is 0 e. The zero-order valence-electron chi connectivity index (χ0n) is 11.8. The van der Waals surface area contributed by atoms with Crippen molar-refractivity contribution in [2.45, 2.75) is 38.8 Å². The molecule has 0 bridgehead atoms. The topological polar surface area (TPSA) is 99.5 Å². The van der Waals surface area contributed by atoms with Gasteiger partial charge in [-0.15, -0.1) is 0 Å². The molecule has 2 aliphatic rings. The zero-order valence-corrected chi connectivity index (χ0v) is 15.6. The predicted molar refractivity (Wildman–Crippen MR) is 67.4 cm³/mol. The fourth-order valence-corrected chi connectivity index (χ4v) is 4.99. The van der Waals surface area contributed by atoms with Crippen molar-refractivity contribution in [2.24, 2.45) is 0 Å². The molecule has 5 nitrogen and oxygen atoms in total. The number of rotatable bonds is 2. The maximum Gasteiger partial charge on any atom is 0 e. The van der Waals surface area contributed by atoms with Gasteiger partial charge in [0.15, 0.2) is 0 Å². The van der Waals surface area contributed by atoms with Crippen molar-refractivity contribution in [3.05, 3.63) is 44.1 Å². The SMILES string of the molecule is CCC1=C(CC)P2CC2C1.[C-]#[O+].[C-]#[O+].[C-]#[O+].[C-]#[O+].[C-]#[O+].[W]. The minimum atomic E-state index is 0. The van der Waals surface area contributed by atoms with Gasteiger partial charge in [0.2, 0.25) is 0 Å². The van der Waals surface area contributed by atoms with E-state index in [2.05, 4.69) is 47.1 Å². The molecule has 0 aromatic heterocycles. The third-order valence-electron chi connectivity index (χ3n) is 2.71. The number of fused-ring (bicyclic) bond motifs is 1. The van der Waals surface area contributed by atoms with Crippen LogP contribution in [0.25, 0.3) is 0 Å². The predicted octanol–water partition coefficient (Wildman–Crippen LogP) is 3.14.